The summed E-state index contributed by atoms with van der Waals surface area (Å²) in [6, 6.07) is 0. The van der Waals surface area contributed by atoms with Crippen LogP contribution in [0.1, 0.15) is 37.4 Å². The van der Waals surface area contributed by atoms with Crippen LogP contribution in [-0.4, -0.2) is 33.7 Å². The third-order valence-corrected chi connectivity index (χ3v) is 5.51. The van der Waals surface area contributed by atoms with Gasteiger partial charge in [-0.3, -0.25) is 0 Å². The van der Waals surface area contributed by atoms with Crippen LogP contribution >= 0.6 is 23.1 Å². The van der Waals surface area contributed by atoms with E-state index >= 15 is 0 Å². The molecule has 0 bridgehead atoms. The normalized spacial score (nSPS) is 27.2. The van der Waals surface area contributed by atoms with Gasteiger partial charge in [0.15, 0.2) is 5.13 Å². The van der Waals surface area contributed by atoms with Gasteiger partial charge in [0.25, 0.3) is 0 Å². The molecule has 2 rings (SSSR count). The number of hydrogen-bond donors (Lipinski definition) is 1. The quantitative estimate of drug-likeness (QED) is 0.898. The van der Waals surface area contributed by atoms with E-state index in [9.17, 15) is 5.11 Å². The van der Waals surface area contributed by atoms with E-state index in [1.165, 1.54) is 0 Å². The van der Waals surface area contributed by atoms with Crippen LogP contribution in [0.25, 0.3) is 0 Å². The first-order valence-corrected chi connectivity index (χ1v) is 7.79. The van der Waals surface area contributed by atoms with E-state index < -0.39 is 6.10 Å². The van der Waals surface area contributed by atoms with Gasteiger partial charge in [-0.25, -0.2) is 4.98 Å². The van der Waals surface area contributed by atoms with Crippen molar-refractivity contribution in [3.63, 3.8) is 0 Å². The van der Waals surface area contributed by atoms with Gasteiger partial charge in [-0.2, -0.15) is 11.8 Å². The molecule has 3 nitrogen and oxygen atoms in total. The van der Waals surface area contributed by atoms with Crippen LogP contribution in [0, 0.1) is 6.92 Å². The maximum absolute atomic E-state index is 9.67. The Morgan fingerprint density at radius 1 is 1.35 bits per heavy atom. The number of thiazole rings is 1. The van der Waals surface area contributed by atoms with Crippen molar-refractivity contribution in [3.8, 4) is 0 Å². The van der Waals surface area contributed by atoms with Gasteiger partial charge in [0.2, 0.25) is 0 Å². The lowest BCUT2D eigenvalue weighted by atomic mass is 10.3. The lowest BCUT2D eigenvalue weighted by Gasteiger charge is -2.34. The van der Waals surface area contributed by atoms with Gasteiger partial charge >= 0.3 is 0 Å². The number of rotatable bonds is 2. The van der Waals surface area contributed by atoms with Gasteiger partial charge in [-0.05, 0) is 13.8 Å². The Morgan fingerprint density at radius 2 is 1.94 bits per heavy atom. The topological polar surface area (TPSA) is 36.4 Å². The van der Waals surface area contributed by atoms with Crippen molar-refractivity contribution in [2.24, 2.45) is 0 Å². The molecule has 1 saturated heterocycles. The predicted molar refractivity (Wildman–Crippen MR) is 76.2 cm³/mol. The molecule has 1 fully saturated rings. The molecule has 1 aliphatic rings. The molecule has 96 valence electrons. The van der Waals surface area contributed by atoms with Crippen molar-refractivity contribution < 1.29 is 5.11 Å². The second-order valence-electron chi connectivity index (χ2n) is 4.78. The number of aliphatic hydroxyl groups is 1. The molecule has 1 N–H and O–H groups in total. The van der Waals surface area contributed by atoms with Crippen LogP contribution in [-0.2, 0) is 0 Å². The summed E-state index contributed by atoms with van der Waals surface area (Å²) >= 11 is 3.68. The SMILES string of the molecule is Cc1nc(N2CC(C)SC(C)C2)sc1C(C)O. The van der Waals surface area contributed by atoms with Crippen LogP contribution in [0.3, 0.4) is 0 Å². The van der Waals surface area contributed by atoms with Gasteiger partial charge < -0.3 is 10.0 Å². The van der Waals surface area contributed by atoms with Crippen molar-refractivity contribution in [2.45, 2.75) is 44.3 Å². The number of aliphatic hydroxyl groups excluding tert-OH is 1. The first kappa shape index (κ1) is 13.2. The van der Waals surface area contributed by atoms with Crippen molar-refractivity contribution in [1.82, 2.24) is 4.98 Å². The highest BCUT2D eigenvalue weighted by Gasteiger charge is 2.25. The Bertz CT molecular complexity index is 382. The Balaban J connectivity index is 2.19. The maximum atomic E-state index is 9.67. The van der Waals surface area contributed by atoms with Crippen molar-refractivity contribution in [3.05, 3.63) is 10.6 Å². The first-order valence-electron chi connectivity index (χ1n) is 6.03. The predicted octanol–water partition coefficient (Wildman–Crippen LogP) is 2.84. The zero-order chi connectivity index (χ0) is 12.6. The van der Waals surface area contributed by atoms with E-state index in [-0.39, 0.29) is 0 Å². The molecule has 0 saturated carbocycles. The monoisotopic (exact) mass is 272 g/mol. The second-order valence-corrected chi connectivity index (χ2v) is 7.68. The standard InChI is InChI=1S/C12H20N2OS2/c1-7-5-14(6-8(2)16-7)12-13-9(3)11(17-12)10(4)15/h7-8,10,15H,5-6H2,1-4H3. The van der Waals surface area contributed by atoms with E-state index in [0.717, 1.165) is 28.8 Å². The summed E-state index contributed by atoms with van der Waals surface area (Å²) in [4.78, 5) is 7.95. The van der Waals surface area contributed by atoms with Gasteiger partial charge in [0, 0.05) is 23.6 Å². The fourth-order valence-electron chi connectivity index (χ4n) is 2.25. The number of thioether (sulfide) groups is 1. The molecule has 0 radical (unpaired) electrons. The third kappa shape index (κ3) is 2.95. The van der Waals surface area contributed by atoms with Crippen LogP contribution in [0.5, 0.6) is 0 Å². The Labute approximate surface area is 111 Å². The summed E-state index contributed by atoms with van der Waals surface area (Å²) in [6.07, 6.45) is -0.407. The lowest BCUT2D eigenvalue weighted by molar-refractivity contribution is 0.202. The zero-order valence-corrected chi connectivity index (χ0v) is 12.4. The van der Waals surface area contributed by atoms with Crippen LogP contribution in [0.2, 0.25) is 0 Å². The fraction of sp³-hybridized carbons (Fsp3) is 0.750. The van der Waals surface area contributed by atoms with Crippen LogP contribution in [0.4, 0.5) is 5.13 Å². The summed E-state index contributed by atoms with van der Waals surface area (Å²) in [5.74, 6) is 0. The van der Waals surface area contributed by atoms with Crippen LogP contribution < -0.4 is 4.90 Å². The minimum Gasteiger partial charge on any atom is -0.388 e. The average molecular weight is 272 g/mol. The number of nitrogens with zero attached hydrogens (tertiary/aromatic N) is 2. The second kappa shape index (κ2) is 5.16. The molecule has 0 aromatic carbocycles. The van der Waals surface area contributed by atoms with E-state index in [2.05, 4.69) is 23.7 Å². The van der Waals surface area contributed by atoms with Gasteiger partial charge in [0.05, 0.1) is 16.7 Å². The summed E-state index contributed by atoms with van der Waals surface area (Å²) in [5.41, 5.74) is 0.971. The molecule has 17 heavy (non-hydrogen) atoms. The molecular weight excluding hydrogens is 252 g/mol. The van der Waals surface area contributed by atoms with Gasteiger partial charge in [-0.15, -0.1) is 0 Å². The minimum atomic E-state index is -0.407. The smallest absolute Gasteiger partial charge is 0.185 e. The summed E-state index contributed by atoms with van der Waals surface area (Å²) in [6.45, 7) is 10.4. The Morgan fingerprint density at radius 3 is 2.41 bits per heavy atom. The fourth-order valence-corrected chi connectivity index (χ4v) is 4.60. The van der Waals surface area contributed by atoms with Crippen molar-refractivity contribution in [1.29, 1.82) is 0 Å². The van der Waals surface area contributed by atoms with E-state index in [4.69, 9.17) is 0 Å². The molecule has 0 spiro atoms. The Kier molecular flexibility index (Phi) is 4.00. The largest absolute Gasteiger partial charge is 0.388 e. The number of aromatic nitrogens is 1. The molecule has 0 aliphatic carbocycles. The highest BCUT2D eigenvalue weighted by molar-refractivity contribution is 8.00. The average Bonchev–Trinajstić information content (AvgIpc) is 2.59. The minimum absolute atomic E-state index is 0.407. The van der Waals surface area contributed by atoms with Crippen LogP contribution in [0.15, 0.2) is 0 Å². The molecule has 0 amide bonds. The number of hydrogen-bond acceptors (Lipinski definition) is 5. The van der Waals surface area contributed by atoms with Gasteiger partial charge in [0.1, 0.15) is 0 Å². The lowest BCUT2D eigenvalue weighted by Crippen LogP contribution is -2.40. The summed E-state index contributed by atoms with van der Waals surface area (Å²) < 4.78 is 0. The highest BCUT2D eigenvalue weighted by Crippen LogP contribution is 2.34. The molecule has 1 aliphatic heterocycles. The van der Waals surface area contributed by atoms with E-state index in [1.807, 2.05) is 25.6 Å². The number of aryl methyl sites for hydroxylation is 1. The number of anilines is 1. The molecule has 1 aromatic heterocycles. The van der Waals surface area contributed by atoms with Gasteiger partial charge in [-0.1, -0.05) is 25.2 Å². The summed E-state index contributed by atoms with van der Waals surface area (Å²) in [7, 11) is 0. The third-order valence-electron chi connectivity index (χ3n) is 2.89. The zero-order valence-electron chi connectivity index (χ0n) is 10.8. The molecule has 1 aromatic rings. The summed E-state index contributed by atoms with van der Waals surface area (Å²) in [5, 5.41) is 12.0. The highest BCUT2D eigenvalue weighted by atomic mass is 32.2. The molecular formula is C12H20N2OS2. The molecule has 2 heterocycles. The van der Waals surface area contributed by atoms with E-state index in [0.29, 0.717) is 10.5 Å². The molecule has 3 unspecified atom stereocenters. The van der Waals surface area contributed by atoms with Crippen molar-refractivity contribution in [2.75, 3.05) is 18.0 Å². The Hall–Kier alpha value is -0.260. The molecule has 3 atom stereocenters. The van der Waals surface area contributed by atoms with E-state index in [1.54, 1.807) is 11.3 Å². The van der Waals surface area contributed by atoms with Crippen molar-refractivity contribution >= 4 is 28.2 Å². The molecule has 5 heteroatoms. The maximum Gasteiger partial charge on any atom is 0.185 e. The first-order chi connectivity index (χ1) is 7.97.